The Balaban J connectivity index is 2.19. The molecule has 0 amide bonds. The fraction of sp³-hybridized carbons (Fsp3) is 0.154. The van der Waals surface area contributed by atoms with Gasteiger partial charge in [0.1, 0.15) is 4.60 Å². The van der Waals surface area contributed by atoms with Crippen molar-refractivity contribution in [1.82, 2.24) is 4.98 Å². The predicted molar refractivity (Wildman–Crippen MR) is 85.5 cm³/mol. The highest BCUT2D eigenvalue weighted by Crippen LogP contribution is 2.32. The molecule has 1 N–H and O–H groups in total. The topological polar surface area (TPSA) is 24.9 Å². The van der Waals surface area contributed by atoms with Crippen molar-refractivity contribution in [3.8, 4) is 0 Å². The molecule has 0 radical (unpaired) electrons. The van der Waals surface area contributed by atoms with Crippen molar-refractivity contribution in [3.63, 3.8) is 0 Å². The summed E-state index contributed by atoms with van der Waals surface area (Å²) in [6.45, 7) is 2.46. The minimum Gasteiger partial charge on any atom is -0.380 e. The molecule has 6 heteroatoms. The van der Waals surface area contributed by atoms with Crippen LogP contribution in [0.1, 0.15) is 11.1 Å². The van der Waals surface area contributed by atoms with Gasteiger partial charge in [-0.2, -0.15) is 0 Å². The van der Waals surface area contributed by atoms with Crippen molar-refractivity contribution in [1.29, 1.82) is 0 Å². The van der Waals surface area contributed by atoms with Gasteiger partial charge in [0.2, 0.25) is 0 Å². The van der Waals surface area contributed by atoms with Crippen molar-refractivity contribution < 1.29 is 0 Å². The molecular formula is C13H10BrCl3N2. The first-order valence-electron chi connectivity index (χ1n) is 5.47. The van der Waals surface area contributed by atoms with Crippen molar-refractivity contribution in [2.45, 2.75) is 13.5 Å². The summed E-state index contributed by atoms with van der Waals surface area (Å²) in [6, 6.07) is 5.41. The van der Waals surface area contributed by atoms with E-state index in [-0.39, 0.29) is 0 Å². The lowest BCUT2D eigenvalue weighted by atomic mass is 10.2. The third kappa shape index (κ3) is 3.54. The van der Waals surface area contributed by atoms with Crippen LogP contribution in [0.2, 0.25) is 15.1 Å². The molecule has 19 heavy (non-hydrogen) atoms. The minimum atomic E-state index is 0.475. The van der Waals surface area contributed by atoms with Gasteiger partial charge in [-0.15, -0.1) is 0 Å². The van der Waals surface area contributed by atoms with Crippen molar-refractivity contribution in [2.24, 2.45) is 0 Å². The zero-order valence-electron chi connectivity index (χ0n) is 9.98. The summed E-state index contributed by atoms with van der Waals surface area (Å²) >= 11 is 21.6. The smallest absolute Gasteiger partial charge is 0.109 e. The first-order valence-corrected chi connectivity index (χ1v) is 7.40. The number of halogens is 4. The summed E-state index contributed by atoms with van der Waals surface area (Å²) in [5.74, 6) is 0. The van der Waals surface area contributed by atoms with Crippen LogP contribution in [0.4, 0.5) is 5.69 Å². The number of hydrogen-bond acceptors (Lipinski definition) is 2. The second-order valence-corrected chi connectivity index (χ2v) is 5.95. The molecule has 0 saturated carbocycles. The third-order valence-corrected chi connectivity index (χ3v) is 4.65. The molecule has 0 aliphatic rings. The van der Waals surface area contributed by atoms with Crippen LogP contribution in [-0.2, 0) is 6.54 Å². The molecule has 100 valence electrons. The first kappa shape index (κ1) is 14.9. The average Bonchev–Trinajstić information content (AvgIpc) is 2.38. The quantitative estimate of drug-likeness (QED) is 0.544. The van der Waals surface area contributed by atoms with Gasteiger partial charge in [0.15, 0.2) is 0 Å². The maximum absolute atomic E-state index is 6.14. The second kappa shape index (κ2) is 6.31. The van der Waals surface area contributed by atoms with Crippen molar-refractivity contribution in [3.05, 3.63) is 55.2 Å². The molecule has 1 heterocycles. The Morgan fingerprint density at radius 2 is 1.89 bits per heavy atom. The van der Waals surface area contributed by atoms with Crippen molar-refractivity contribution >= 4 is 56.4 Å². The molecule has 0 unspecified atom stereocenters. The highest BCUT2D eigenvalue weighted by molar-refractivity contribution is 9.10. The van der Waals surface area contributed by atoms with Gasteiger partial charge in [-0.1, -0.05) is 34.8 Å². The van der Waals surface area contributed by atoms with Crippen LogP contribution in [-0.4, -0.2) is 4.98 Å². The highest BCUT2D eigenvalue weighted by atomic mass is 79.9. The van der Waals surface area contributed by atoms with Crippen LogP contribution in [0.15, 0.2) is 29.0 Å². The standard InChI is InChI=1S/C13H10BrCl3N2/c1-7-4-8(5-19-13(7)14)18-6-9-10(15)2-3-11(16)12(9)17/h2-5,18H,6H2,1H3. The van der Waals surface area contributed by atoms with Crippen LogP contribution in [0.25, 0.3) is 0 Å². The number of hydrogen-bond donors (Lipinski definition) is 1. The van der Waals surface area contributed by atoms with E-state index in [0.717, 1.165) is 21.4 Å². The molecule has 2 nitrogen and oxygen atoms in total. The van der Waals surface area contributed by atoms with E-state index in [4.69, 9.17) is 34.8 Å². The monoisotopic (exact) mass is 378 g/mol. The molecule has 0 bridgehead atoms. The lowest BCUT2D eigenvalue weighted by molar-refractivity contribution is 1.12. The van der Waals surface area contributed by atoms with E-state index < -0.39 is 0 Å². The molecule has 2 rings (SSSR count). The number of nitrogens with zero attached hydrogens (tertiary/aromatic N) is 1. The van der Waals surface area contributed by atoms with Gasteiger partial charge in [0.05, 0.1) is 21.9 Å². The average molecular weight is 381 g/mol. The molecule has 0 aliphatic carbocycles. The maximum Gasteiger partial charge on any atom is 0.109 e. The molecule has 2 aromatic rings. The number of nitrogens with one attached hydrogen (secondary N) is 1. The van der Waals surface area contributed by atoms with E-state index >= 15 is 0 Å². The van der Waals surface area contributed by atoms with Crippen LogP contribution < -0.4 is 5.32 Å². The third-order valence-electron chi connectivity index (χ3n) is 2.62. The van der Waals surface area contributed by atoms with Crippen LogP contribution in [0.3, 0.4) is 0 Å². The number of benzene rings is 1. The molecule has 0 spiro atoms. The Morgan fingerprint density at radius 1 is 1.21 bits per heavy atom. The molecule has 1 aromatic heterocycles. The van der Waals surface area contributed by atoms with Gasteiger partial charge in [-0.3, -0.25) is 0 Å². The minimum absolute atomic E-state index is 0.475. The lowest BCUT2D eigenvalue weighted by Crippen LogP contribution is -2.02. The predicted octanol–water partition coefficient (Wildman–Crippen LogP) is 5.72. The van der Waals surface area contributed by atoms with Gasteiger partial charge >= 0.3 is 0 Å². The summed E-state index contributed by atoms with van der Waals surface area (Å²) in [5, 5.41) is 4.78. The van der Waals surface area contributed by atoms with Gasteiger partial charge in [0.25, 0.3) is 0 Å². The van der Waals surface area contributed by atoms with E-state index in [9.17, 15) is 0 Å². The summed E-state index contributed by atoms with van der Waals surface area (Å²) in [6.07, 6.45) is 1.74. The number of rotatable bonds is 3. The van der Waals surface area contributed by atoms with E-state index in [2.05, 4.69) is 26.2 Å². The summed E-state index contributed by atoms with van der Waals surface area (Å²) in [4.78, 5) is 4.22. The fourth-order valence-electron chi connectivity index (χ4n) is 1.58. The lowest BCUT2D eigenvalue weighted by Gasteiger charge is -2.11. The van der Waals surface area contributed by atoms with E-state index in [1.807, 2.05) is 13.0 Å². The number of aryl methyl sites for hydroxylation is 1. The molecule has 0 aliphatic heterocycles. The van der Waals surface area contributed by atoms with Gasteiger partial charge in [-0.25, -0.2) is 4.98 Å². The van der Waals surface area contributed by atoms with Gasteiger partial charge in [0, 0.05) is 17.1 Å². The molecular weight excluding hydrogens is 370 g/mol. The number of anilines is 1. The summed E-state index contributed by atoms with van der Waals surface area (Å²) in [5.41, 5.74) is 2.72. The van der Waals surface area contributed by atoms with E-state index in [1.165, 1.54) is 0 Å². The fourth-order valence-corrected chi connectivity index (χ4v) is 2.47. The Bertz CT molecular complexity index is 617. The Hall–Kier alpha value is -0.480. The second-order valence-electron chi connectivity index (χ2n) is 4.01. The highest BCUT2D eigenvalue weighted by Gasteiger charge is 2.09. The van der Waals surface area contributed by atoms with Crippen molar-refractivity contribution in [2.75, 3.05) is 5.32 Å². The SMILES string of the molecule is Cc1cc(NCc2c(Cl)ccc(Cl)c2Cl)cnc1Br. The Morgan fingerprint density at radius 3 is 2.58 bits per heavy atom. The number of aromatic nitrogens is 1. The first-order chi connectivity index (χ1) is 8.99. The van der Waals surface area contributed by atoms with Gasteiger partial charge < -0.3 is 5.32 Å². The molecule has 1 aromatic carbocycles. The Kier molecular flexibility index (Phi) is 4.96. The van der Waals surface area contributed by atoms with Crippen LogP contribution in [0, 0.1) is 6.92 Å². The van der Waals surface area contributed by atoms with E-state index in [0.29, 0.717) is 21.6 Å². The summed E-state index contributed by atoms with van der Waals surface area (Å²) < 4.78 is 0.830. The normalized spacial score (nSPS) is 10.6. The molecule has 0 atom stereocenters. The number of pyridine rings is 1. The zero-order valence-corrected chi connectivity index (χ0v) is 13.8. The molecule has 0 fully saturated rings. The van der Waals surface area contributed by atoms with E-state index in [1.54, 1.807) is 18.3 Å². The Labute approximate surface area is 135 Å². The van der Waals surface area contributed by atoms with Crippen LogP contribution in [0.5, 0.6) is 0 Å². The zero-order chi connectivity index (χ0) is 14.0. The molecule has 0 saturated heterocycles. The van der Waals surface area contributed by atoms with Gasteiger partial charge in [-0.05, 0) is 46.6 Å². The van der Waals surface area contributed by atoms with Crippen LogP contribution >= 0.6 is 50.7 Å². The largest absolute Gasteiger partial charge is 0.380 e. The maximum atomic E-state index is 6.14. The summed E-state index contributed by atoms with van der Waals surface area (Å²) in [7, 11) is 0.